The van der Waals surface area contributed by atoms with E-state index in [1.807, 2.05) is 6.07 Å². The Morgan fingerprint density at radius 1 is 1.33 bits per heavy atom. The average Bonchev–Trinajstić information content (AvgIpc) is 2.54. The molecule has 0 spiro atoms. The molecule has 0 aromatic heterocycles. The number of ether oxygens (including phenoxy) is 2. The van der Waals surface area contributed by atoms with Gasteiger partial charge in [-0.3, -0.25) is 4.90 Å². The lowest BCUT2D eigenvalue weighted by atomic mass is 9.83. The molecule has 1 saturated heterocycles. The van der Waals surface area contributed by atoms with E-state index in [-0.39, 0.29) is 5.60 Å². The molecular formula is C18H27NO2. The first-order valence-electron chi connectivity index (χ1n) is 8.21. The van der Waals surface area contributed by atoms with E-state index < -0.39 is 0 Å². The molecule has 0 amide bonds. The van der Waals surface area contributed by atoms with Crippen molar-refractivity contribution >= 4 is 0 Å². The number of likely N-dealkylation sites (N-methyl/N-ethyl adjacent to an activating group) is 1. The van der Waals surface area contributed by atoms with Crippen molar-refractivity contribution in [2.24, 2.45) is 0 Å². The fraction of sp³-hybridized carbons (Fsp3) is 0.667. The van der Waals surface area contributed by atoms with Gasteiger partial charge >= 0.3 is 0 Å². The van der Waals surface area contributed by atoms with Gasteiger partial charge in [-0.05, 0) is 44.0 Å². The maximum atomic E-state index is 6.69. The summed E-state index contributed by atoms with van der Waals surface area (Å²) in [7, 11) is 3.98. The number of fused-ring (bicyclic) bond motifs is 1. The molecule has 0 radical (unpaired) electrons. The minimum atomic E-state index is -0.193. The zero-order valence-electron chi connectivity index (χ0n) is 13.5. The molecule has 2 fully saturated rings. The Labute approximate surface area is 128 Å². The van der Waals surface area contributed by atoms with Crippen molar-refractivity contribution in [1.82, 2.24) is 4.90 Å². The van der Waals surface area contributed by atoms with Crippen LogP contribution in [-0.4, -0.2) is 37.7 Å². The molecule has 116 valence electrons. The van der Waals surface area contributed by atoms with Crippen molar-refractivity contribution in [2.75, 3.05) is 20.7 Å². The van der Waals surface area contributed by atoms with Gasteiger partial charge in [0.25, 0.3) is 0 Å². The van der Waals surface area contributed by atoms with Crippen molar-refractivity contribution in [3.63, 3.8) is 0 Å². The molecule has 2 aliphatic rings. The van der Waals surface area contributed by atoms with Crippen molar-refractivity contribution < 1.29 is 9.47 Å². The normalized spacial score (nSPS) is 33.5. The van der Waals surface area contributed by atoms with Crippen molar-refractivity contribution in [1.29, 1.82) is 0 Å². The van der Waals surface area contributed by atoms with E-state index in [1.165, 1.54) is 31.2 Å². The number of methoxy groups -OCH3 is 1. The third kappa shape index (κ3) is 2.69. The number of hydrogen-bond acceptors (Lipinski definition) is 3. The fourth-order valence-corrected chi connectivity index (χ4v) is 4.03. The average molecular weight is 289 g/mol. The first-order chi connectivity index (χ1) is 10.2. The van der Waals surface area contributed by atoms with Gasteiger partial charge in [-0.2, -0.15) is 0 Å². The lowest BCUT2D eigenvalue weighted by molar-refractivity contribution is -0.192. The van der Waals surface area contributed by atoms with E-state index >= 15 is 0 Å². The summed E-state index contributed by atoms with van der Waals surface area (Å²) >= 11 is 0. The van der Waals surface area contributed by atoms with Crippen LogP contribution in [-0.2, 0) is 10.3 Å². The maximum Gasteiger partial charge on any atom is 0.119 e. The van der Waals surface area contributed by atoms with Crippen LogP contribution in [0.1, 0.15) is 44.6 Å². The van der Waals surface area contributed by atoms with Crippen LogP contribution >= 0.6 is 0 Å². The van der Waals surface area contributed by atoms with Crippen LogP contribution in [0.4, 0.5) is 0 Å². The number of benzene rings is 1. The molecule has 1 aromatic rings. The third-order valence-corrected chi connectivity index (χ3v) is 5.28. The minimum absolute atomic E-state index is 0.193. The number of rotatable bonds is 3. The quantitative estimate of drug-likeness (QED) is 0.849. The predicted octanol–water partition coefficient (Wildman–Crippen LogP) is 3.57. The highest BCUT2D eigenvalue weighted by atomic mass is 16.5. The van der Waals surface area contributed by atoms with Gasteiger partial charge in [-0.15, -0.1) is 0 Å². The molecule has 1 saturated carbocycles. The molecule has 3 nitrogen and oxygen atoms in total. The number of hydrogen-bond donors (Lipinski definition) is 0. The van der Waals surface area contributed by atoms with Crippen LogP contribution in [0, 0.1) is 0 Å². The van der Waals surface area contributed by atoms with Crippen LogP contribution in [0.3, 0.4) is 0 Å². The fourth-order valence-electron chi connectivity index (χ4n) is 4.03. The summed E-state index contributed by atoms with van der Waals surface area (Å²) in [6, 6.07) is 9.00. The number of nitrogens with zero attached hydrogens (tertiary/aromatic N) is 1. The van der Waals surface area contributed by atoms with E-state index in [4.69, 9.17) is 9.47 Å². The van der Waals surface area contributed by atoms with E-state index in [9.17, 15) is 0 Å². The second kappa shape index (κ2) is 5.98. The zero-order chi connectivity index (χ0) is 14.9. The monoisotopic (exact) mass is 289 g/mol. The Kier molecular flexibility index (Phi) is 4.23. The highest BCUT2D eigenvalue weighted by Gasteiger charge is 2.45. The summed E-state index contributed by atoms with van der Waals surface area (Å²) in [4.78, 5) is 2.52. The highest BCUT2D eigenvalue weighted by Crippen LogP contribution is 2.41. The van der Waals surface area contributed by atoms with Crippen molar-refractivity contribution in [2.45, 2.75) is 56.8 Å². The van der Waals surface area contributed by atoms with Gasteiger partial charge in [0.2, 0.25) is 0 Å². The molecule has 3 atom stereocenters. The Bertz CT molecular complexity index is 490. The summed E-state index contributed by atoms with van der Waals surface area (Å²) in [6.07, 6.45) is 6.48. The van der Waals surface area contributed by atoms with Gasteiger partial charge in [0.05, 0.1) is 13.2 Å². The smallest absolute Gasteiger partial charge is 0.119 e. The van der Waals surface area contributed by atoms with Crippen molar-refractivity contribution in [3.05, 3.63) is 29.8 Å². The summed E-state index contributed by atoms with van der Waals surface area (Å²) in [5.41, 5.74) is 1.06. The minimum Gasteiger partial charge on any atom is -0.497 e. The van der Waals surface area contributed by atoms with E-state index in [2.05, 4.69) is 37.1 Å². The zero-order valence-corrected chi connectivity index (χ0v) is 13.5. The molecule has 0 bridgehead atoms. The lowest BCUT2D eigenvalue weighted by Crippen LogP contribution is -2.58. The van der Waals surface area contributed by atoms with Gasteiger partial charge in [-0.1, -0.05) is 31.9 Å². The van der Waals surface area contributed by atoms with E-state index in [0.717, 1.165) is 18.7 Å². The summed E-state index contributed by atoms with van der Waals surface area (Å²) in [5.74, 6) is 0.914. The Morgan fingerprint density at radius 2 is 2.14 bits per heavy atom. The first-order valence-corrected chi connectivity index (χ1v) is 8.21. The second-order valence-electron chi connectivity index (χ2n) is 6.50. The number of morpholine rings is 1. The molecule has 1 aliphatic heterocycles. The molecule has 1 aromatic carbocycles. The summed E-state index contributed by atoms with van der Waals surface area (Å²) < 4.78 is 12.1. The Morgan fingerprint density at radius 3 is 2.90 bits per heavy atom. The van der Waals surface area contributed by atoms with Crippen LogP contribution in [0.25, 0.3) is 0 Å². The largest absolute Gasteiger partial charge is 0.497 e. The summed E-state index contributed by atoms with van der Waals surface area (Å²) in [5, 5.41) is 0. The molecule has 1 heterocycles. The predicted molar refractivity (Wildman–Crippen MR) is 84.7 cm³/mol. The molecule has 3 heteroatoms. The van der Waals surface area contributed by atoms with E-state index in [0.29, 0.717) is 12.1 Å². The van der Waals surface area contributed by atoms with Crippen LogP contribution in [0.2, 0.25) is 0 Å². The third-order valence-electron chi connectivity index (χ3n) is 5.28. The van der Waals surface area contributed by atoms with Gasteiger partial charge in [0.1, 0.15) is 11.4 Å². The topological polar surface area (TPSA) is 21.7 Å². The van der Waals surface area contributed by atoms with Crippen LogP contribution in [0.15, 0.2) is 24.3 Å². The molecule has 3 rings (SSSR count). The van der Waals surface area contributed by atoms with Gasteiger partial charge < -0.3 is 9.47 Å². The molecular weight excluding hydrogens is 262 g/mol. The van der Waals surface area contributed by atoms with Gasteiger partial charge in [0, 0.05) is 12.6 Å². The van der Waals surface area contributed by atoms with Crippen LogP contribution < -0.4 is 4.74 Å². The summed E-state index contributed by atoms with van der Waals surface area (Å²) in [6.45, 7) is 3.20. The van der Waals surface area contributed by atoms with Crippen molar-refractivity contribution in [3.8, 4) is 5.75 Å². The molecule has 21 heavy (non-hydrogen) atoms. The molecule has 1 aliphatic carbocycles. The standard InChI is InChI=1S/C18H27NO2/c1-4-18(14-8-7-9-15(12-14)20-3)13-19(2)16-10-5-6-11-17(16)21-18/h7-9,12,16-17H,4-6,10-11,13H2,1-3H3/t16?,17-,18?/m0/s1. The Hall–Kier alpha value is -1.06. The molecule has 0 N–H and O–H groups in total. The van der Waals surface area contributed by atoms with E-state index in [1.54, 1.807) is 7.11 Å². The van der Waals surface area contributed by atoms with Gasteiger partial charge in [-0.25, -0.2) is 0 Å². The highest BCUT2D eigenvalue weighted by molar-refractivity contribution is 5.33. The molecule has 2 unspecified atom stereocenters. The lowest BCUT2D eigenvalue weighted by Gasteiger charge is -2.51. The SMILES string of the molecule is CCC1(c2cccc(OC)c2)CN(C)C2CCCC[C@@H]2O1. The second-order valence-corrected chi connectivity index (χ2v) is 6.50. The first kappa shape index (κ1) is 14.9. The van der Waals surface area contributed by atoms with Crippen LogP contribution in [0.5, 0.6) is 5.75 Å². The Balaban J connectivity index is 1.92. The van der Waals surface area contributed by atoms with Gasteiger partial charge in [0.15, 0.2) is 0 Å². The maximum absolute atomic E-state index is 6.69.